The summed E-state index contributed by atoms with van der Waals surface area (Å²) in [6.07, 6.45) is 3.79. The topological polar surface area (TPSA) is 164 Å². The zero-order valence-electron chi connectivity index (χ0n) is 21.5. The predicted molar refractivity (Wildman–Crippen MR) is 147 cm³/mol. The van der Waals surface area contributed by atoms with E-state index < -0.39 is 17.3 Å². The maximum absolute atomic E-state index is 13.5. The van der Waals surface area contributed by atoms with Crippen molar-refractivity contribution in [2.24, 2.45) is 23.4 Å². The number of allylic oxidation sites excluding steroid dienone is 2. The molecule has 10 nitrogen and oxygen atoms in total. The van der Waals surface area contributed by atoms with Gasteiger partial charge in [-0.2, -0.15) is 0 Å². The highest BCUT2D eigenvalue weighted by Crippen LogP contribution is 2.48. The Morgan fingerprint density at radius 1 is 1.32 bits per heavy atom. The Labute approximate surface area is 225 Å². The Kier molecular flexibility index (Phi) is 8.62. The zero-order chi connectivity index (χ0) is 27.4. The first kappa shape index (κ1) is 27.5. The normalized spacial score (nSPS) is 23.8. The number of rotatable bonds is 10. The van der Waals surface area contributed by atoms with Gasteiger partial charge in [0.2, 0.25) is 4.90 Å². The number of nitrogens with one attached hydrogen (secondary N) is 2. The molecule has 4 atom stereocenters. The number of hydrogen-bond donors (Lipinski definition) is 5. The Balaban J connectivity index is 1.58. The lowest BCUT2D eigenvalue weighted by molar-refractivity contribution is -0.132. The van der Waals surface area contributed by atoms with Gasteiger partial charge in [0, 0.05) is 48.4 Å². The molecule has 0 spiro atoms. The molecule has 0 amide bonds. The molecule has 0 bridgehead atoms. The summed E-state index contributed by atoms with van der Waals surface area (Å²) in [5.74, 6) is 4.88. The summed E-state index contributed by atoms with van der Waals surface area (Å²) in [5.41, 5.74) is 8.61. The summed E-state index contributed by atoms with van der Waals surface area (Å²) in [5, 5.41) is 22.1. The zero-order valence-corrected chi connectivity index (χ0v) is 22.3. The summed E-state index contributed by atoms with van der Waals surface area (Å²) in [6.45, 7) is 2.96. The maximum Gasteiger partial charge on any atom is 0.339 e. The van der Waals surface area contributed by atoms with Gasteiger partial charge in [-0.25, -0.2) is 10.6 Å². The van der Waals surface area contributed by atoms with Crippen LogP contribution in [-0.4, -0.2) is 50.9 Å². The third-order valence-corrected chi connectivity index (χ3v) is 8.06. The predicted octanol–water partition coefficient (Wildman–Crippen LogP) is 3.02. The number of carbonyl (C=O) groups is 1. The minimum atomic E-state index is -1.40. The van der Waals surface area contributed by atoms with Crippen molar-refractivity contribution in [1.29, 1.82) is 5.41 Å². The van der Waals surface area contributed by atoms with Crippen LogP contribution in [0.3, 0.4) is 0 Å². The molecule has 11 heteroatoms. The number of ether oxygens (including phenoxy) is 1. The lowest BCUT2D eigenvalue weighted by Crippen LogP contribution is -2.36. The number of fused-ring (bicyclic) bond motifs is 1. The van der Waals surface area contributed by atoms with Crippen LogP contribution in [-0.2, 0) is 22.7 Å². The van der Waals surface area contributed by atoms with Crippen LogP contribution in [0.2, 0.25) is 0 Å². The van der Waals surface area contributed by atoms with Gasteiger partial charge in [-0.3, -0.25) is 0 Å². The largest absolute Gasteiger partial charge is 0.593 e. The minimum Gasteiger partial charge on any atom is -0.593 e. The molecule has 1 fully saturated rings. The molecule has 202 valence electrons. The van der Waals surface area contributed by atoms with Gasteiger partial charge in [0.1, 0.15) is 6.10 Å². The first-order valence-electron chi connectivity index (χ1n) is 12.4. The number of nitrogens with zero attached hydrogens (tertiary/aromatic N) is 2. The quantitative estimate of drug-likeness (QED) is 0.101. The molecular weight excluding hydrogens is 504 g/mol. The van der Waals surface area contributed by atoms with Crippen LogP contribution in [0.25, 0.3) is 0 Å². The number of hydrogen-bond acceptors (Lipinski definition) is 9. The van der Waals surface area contributed by atoms with Crippen molar-refractivity contribution >= 4 is 29.2 Å². The number of aliphatic carboxylic acids is 1. The monoisotopic (exact) mass is 538 g/mol. The first-order valence-corrected chi connectivity index (χ1v) is 13.5. The summed E-state index contributed by atoms with van der Waals surface area (Å²) in [4.78, 5) is 12.6. The van der Waals surface area contributed by atoms with E-state index in [1.54, 1.807) is 13.2 Å². The van der Waals surface area contributed by atoms with Crippen molar-refractivity contribution in [3.8, 4) is 5.75 Å². The molecule has 0 saturated heterocycles. The molecule has 4 rings (SSSR count). The highest BCUT2D eigenvalue weighted by molar-refractivity contribution is 7.89. The molecule has 2 aliphatic rings. The van der Waals surface area contributed by atoms with E-state index >= 15 is 0 Å². The van der Waals surface area contributed by atoms with Gasteiger partial charge in [0.05, 0.1) is 30.0 Å². The maximum atomic E-state index is 13.5. The molecule has 38 heavy (non-hydrogen) atoms. The van der Waals surface area contributed by atoms with Crippen LogP contribution >= 0.6 is 0 Å². The second kappa shape index (κ2) is 11.9. The SMILES string of the molecule is CC[C@@H]1CN(Cc2cccc(N/C(=C(\C=N)C(=O)O)[C@@H]3CC3/C(N)=C/N(C)N)c2)[S+]([O-])c2ccccc2O1. The number of carboxylic acids is 1. The fourth-order valence-corrected chi connectivity index (χ4v) is 5.94. The van der Waals surface area contributed by atoms with Gasteiger partial charge in [-0.15, -0.1) is 4.31 Å². The Hall–Kier alpha value is -3.51. The number of para-hydroxylation sites is 1. The third-order valence-electron chi connectivity index (χ3n) is 6.60. The van der Waals surface area contributed by atoms with Crippen molar-refractivity contribution in [2.75, 3.05) is 18.9 Å². The Morgan fingerprint density at radius 3 is 2.76 bits per heavy atom. The number of carboxylic acid groups (broad SMARTS) is 1. The van der Waals surface area contributed by atoms with Gasteiger partial charge in [0.15, 0.2) is 5.75 Å². The van der Waals surface area contributed by atoms with Crippen molar-refractivity contribution in [1.82, 2.24) is 9.31 Å². The van der Waals surface area contributed by atoms with Gasteiger partial charge >= 0.3 is 5.97 Å². The van der Waals surface area contributed by atoms with Crippen LogP contribution in [0.1, 0.15) is 25.3 Å². The van der Waals surface area contributed by atoms with Crippen LogP contribution in [0.15, 0.2) is 76.6 Å². The summed E-state index contributed by atoms with van der Waals surface area (Å²) in [6, 6.07) is 14.9. The van der Waals surface area contributed by atoms with E-state index in [1.165, 1.54) is 5.01 Å². The molecule has 1 aliphatic carbocycles. The van der Waals surface area contributed by atoms with Crippen molar-refractivity contribution in [3.05, 3.63) is 77.3 Å². The van der Waals surface area contributed by atoms with E-state index in [1.807, 2.05) is 59.8 Å². The van der Waals surface area contributed by atoms with E-state index in [0.717, 1.165) is 18.2 Å². The molecule has 1 saturated carbocycles. The average Bonchev–Trinajstić information content (AvgIpc) is 3.69. The second-order valence-electron chi connectivity index (χ2n) is 9.51. The van der Waals surface area contributed by atoms with Crippen LogP contribution in [0.5, 0.6) is 5.75 Å². The van der Waals surface area contributed by atoms with Gasteiger partial charge in [0.25, 0.3) is 0 Å². The molecule has 2 aromatic rings. The Morgan fingerprint density at radius 2 is 2.08 bits per heavy atom. The van der Waals surface area contributed by atoms with E-state index in [2.05, 4.69) is 5.32 Å². The lowest BCUT2D eigenvalue weighted by Gasteiger charge is -2.23. The number of hydrazine groups is 1. The average molecular weight is 539 g/mol. The minimum absolute atomic E-state index is 0.0773. The molecule has 7 N–H and O–H groups in total. The molecule has 0 aromatic heterocycles. The Bertz CT molecular complexity index is 1250. The first-order chi connectivity index (χ1) is 18.2. The lowest BCUT2D eigenvalue weighted by atomic mass is 10.1. The van der Waals surface area contributed by atoms with Crippen molar-refractivity contribution in [2.45, 2.75) is 37.3 Å². The molecule has 0 radical (unpaired) electrons. The standard InChI is InChI=1S/C27H34N6O4S/c1-3-19-15-33(38(36)25-10-5-4-9-24(25)37-19)14-17-7-6-8-18(11-17)31-26(22(13-28)27(34)35)21-12-20(21)23(29)16-32(2)30/h4-11,13,16,19-21,28,31H,3,12,14-15,29-30H2,1-2H3,(H,34,35)/b23-16-,26-22+,28-13?/t19-,20?,21-,38?/m1/s1. The van der Waals surface area contributed by atoms with E-state index in [9.17, 15) is 14.5 Å². The molecule has 1 heterocycles. The highest BCUT2D eigenvalue weighted by Gasteiger charge is 2.44. The van der Waals surface area contributed by atoms with Gasteiger partial charge in [-0.05, 0) is 42.7 Å². The summed E-state index contributed by atoms with van der Waals surface area (Å²) >= 11 is -1.40. The van der Waals surface area contributed by atoms with Crippen LogP contribution in [0, 0.1) is 17.2 Å². The summed E-state index contributed by atoms with van der Waals surface area (Å²) in [7, 11) is 1.66. The van der Waals surface area contributed by atoms with Crippen LogP contribution in [0.4, 0.5) is 5.69 Å². The van der Waals surface area contributed by atoms with Crippen molar-refractivity contribution in [3.63, 3.8) is 0 Å². The van der Waals surface area contributed by atoms with Crippen molar-refractivity contribution < 1.29 is 19.2 Å². The molecular formula is C27H34N6O4S. The number of anilines is 1. The van der Waals surface area contributed by atoms with E-state index in [-0.39, 0.29) is 23.5 Å². The molecule has 1 aliphatic heterocycles. The fourth-order valence-electron chi connectivity index (χ4n) is 4.61. The fraction of sp³-hybridized carbons (Fsp3) is 0.333. The molecule has 2 aromatic carbocycles. The highest BCUT2D eigenvalue weighted by atomic mass is 32.2. The van der Waals surface area contributed by atoms with Gasteiger partial charge < -0.3 is 35.9 Å². The smallest absolute Gasteiger partial charge is 0.339 e. The number of benzene rings is 2. The van der Waals surface area contributed by atoms with Crippen LogP contribution < -0.4 is 21.6 Å². The van der Waals surface area contributed by atoms with E-state index in [4.69, 9.17) is 21.7 Å². The van der Waals surface area contributed by atoms with Gasteiger partial charge in [-0.1, -0.05) is 31.2 Å². The third kappa shape index (κ3) is 6.30. The molecule has 2 unspecified atom stereocenters. The number of nitrogens with two attached hydrogens (primary N) is 2. The second-order valence-corrected chi connectivity index (χ2v) is 11.0. The van der Waals surface area contributed by atoms with E-state index in [0.29, 0.717) is 47.2 Å². The summed E-state index contributed by atoms with van der Waals surface area (Å²) < 4.78 is 21.5.